The van der Waals surface area contributed by atoms with Gasteiger partial charge < -0.3 is 20.6 Å². The normalized spacial score (nSPS) is 24.3. The van der Waals surface area contributed by atoms with E-state index in [0.29, 0.717) is 31.7 Å². The highest BCUT2D eigenvalue weighted by molar-refractivity contribution is 6.07. The summed E-state index contributed by atoms with van der Waals surface area (Å²) >= 11 is 0. The zero-order valence-electron chi connectivity index (χ0n) is 21.3. The molecule has 200 valence electrons. The highest BCUT2D eigenvalue weighted by atomic mass is 16.4. The Morgan fingerprint density at radius 2 is 1.95 bits per heavy atom. The number of hydrogen-bond acceptors (Lipinski definition) is 7. The molecule has 0 radical (unpaired) electrons. The average molecular weight is 521 g/mol. The van der Waals surface area contributed by atoms with Crippen LogP contribution in [0.25, 0.3) is 0 Å². The number of aliphatic carboxylic acids is 1. The van der Waals surface area contributed by atoms with E-state index >= 15 is 0 Å². The number of imide groups is 1. The molecule has 3 N–H and O–H groups in total. The fraction of sp³-hybridized carbons (Fsp3) is 0.444. The number of hydrogen-bond donors (Lipinski definition) is 2. The first-order valence-electron chi connectivity index (χ1n) is 12.9. The molecule has 3 saturated heterocycles. The number of nitrogen functional groups attached to an aromatic ring is 1. The molecule has 1 aromatic carbocycles. The van der Waals surface area contributed by atoms with Crippen LogP contribution >= 0.6 is 0 Å². The van der Waals surface area contributed by atoms with Gasteiger partial charge in [-0.3, -0.25) is 14.5 Å². The van der Waals surface area contributed by atoms with Gasteiger partial charge in [0.1, 0.15) is 5.82 Å². The Morgan fingerprint density at radius 3 is 2.68 bits per heavy atom. The summed E-state index contributed by atoms with van der Waals surface area (Å²) in [6.45, 7) is 2.62. The lowest BCUT2D eigenvalue weighted by molar-refractivity contribution is -0.166. The molecule has 4 amide bonds. The monoisotopic (exact) mass is 520 g/mol. The molecular weight excluding hydrogens is 488 g/mol. The minimum atomic E-state index is -1.23. The number of nitrogens with two attached hydrogens (primary N) is 1. The van der Waals surface area contributed by atoms with Gasteiger partial charge in [-0.25, -0.2) is 19.5 Å². The van der Waals surface area contributed by atoms with Crippen molar-refractivity contribution in [3.63, 3.8) is 0 Å². The van der Waals surface area contributed by atoms with Gasteiger partial charge in [0.05, 0.1) is 12.5 Å². The van der Waals surface area contributed by atoms with E-state index in [1.807, 2.05) is 36.2 Å². The van der Waals surface area contributed by atoms with E-state index in [4.69, 9.17) is 5.73 Å². The van der Waals surface area contributed by atoms with Crippen LogP contribution in [0.3, 0.4) is 0 Å². The number of urea groups is 1. The van der Waals surface area contributed by atoms with Crippen LogP contribution in [0.5, 0.6) is 0 Å². The maximum Gasteiger partial charge on any atom is 0.327 e. The van der Waals surface area contributed by atoms with Gasteiger partial charge >= 0.3 is 12.0 Å². The molecule has 3 aliphatic rings. The average Bonchev–Trinajstić information content (AvgIpc) is 2.90. The van der Waals surface area contributed by atoms with Gasteiger partial charge in [0.25, 0.3) is 0 Å². The summed E-state index contributed by atoms with van der Waals surface area (Å²) in [6.07, 6.45) is 3.27. The van der Waals surface area contributed by atoms with Crippen molar-refractivity contribution in [1.29, 1.82) is 0 Å². The minimum absolute atomic E-state index is 0.0189. The van der Waals surface area contributed by atoms with Crippen LogP contribution in [0.1, 0.15) is 29.9 Å². The van der Waals surface area contributed by atoms with Crippen molar-refractivity contribution in [2.45, 2.75) is 31.2 Å². The van der Waals surface area contributed by atoms with Crippen molar-refractivity contribution in [2.24, 2.45) is 5.92 Å². The van der Waals surface area contributed by atoms with Gasteiger partial charge in [0.2, 0.25) is 11.8 Å². The summed E-state index contributed by atoms with van der Waals surface area (Å²) in [5.41, 5.74) is 8.27. The first-order valence-corrected chi connectivity index (χ1v) is 12.9. The number of rotatable bonds is 5. The molecular formula is C27H32N6O5. The number of anilines is 2. The number of benzene rings is 1. The summed E-state index contributed by atoms with van der Waals surface area (Å²) in [7, 11) is 1.92. The standard InChI is InChI=1S/C27H32N6O5/c1-30-10-11-32(23(34)16-30)20-6-2-4-18(14-20)19-5-3-9-31(15-19)27(38)33-24(26(36)37)21(25(33)35)12-17-7-8-29-22(28)13-17/h2,4,6-8,13-14,19,21,24H,3,5,9-12,15-16H2,1H3,(H2,28,29)(H,36,37)/t19?,21-,24+/m1/s1. The Kier molecular flexibility index (Phi) is 7.02. The molecule has 4 heterocycles. The number of carbonyl (C=O) groups is 4. The Balaban J connectivity index is 1.28. The molecule has 2 aromatic rings. The van der Waals surface area contributed by atoms with E-state index in [1.165, 1.54) is 6.20 Å². The topological polar surface area (TPSA) is 140 Å². The first-order chi connectivity index (χ1) is 18.2. The van der Waals surface area contributed by atoms with Gasteiger partial charge in [-0.05, 0) is 61.7 Å². The van der Waals surface area contributed by atoms with Crippen molar-refractivity contribution >= 4 is 35.3 Å². The lowest BCUT2D eigenvalue weighted by Crippen LogP contribution is -2.69. The van der Waals surface area contributed by atoms with Gasteiger partial charge in [-0.1, -0.05) is 12.1 Å². The number of pyridine rings is 1. The largest absolute Gasteiger partial charge is 0.480 e. The summed E-state index contributed by atoms with van der Waals surface area (Å²) < 4.78 is 0. The number of piperazine rings is 1. The number of likely N-dealkylation sites (N-methyl/N-ethyl adjacent to an activating group) is 1. The highest BCUT2D eigenvalue weighted by Gasteiger charge is 2.55. The number of aromatic nitrogens is 1. The molecule has 3 atom stereocenters. The molecule has 0 saturated carbocycles. The number of carbonyl (C=O) groups excluding carboxylic acids is 3. The van der Waals surface area contributed by atoms with Crippen LogP contribution in [0.4, 0.5) is 16.3 Å². The Morgan fingerprint density at radius 1 is 1.13 bits per heavy atom. The smallest absolute Gasteiger partial charge is 0.327 e. The van der Waals surface area contributed by atoms with Crippen molar-refractivity contribution < 1.29 is 24.3 Å². The van der Waals surface area contributed by atoms with E-state index in [2.05, 4.69) is 4.98 Å². The fourth-order valence-corrected chi connectivity index (χ4v) is 5.70. The van der Waals surface area contributed by atoms with Crippen LogP contribution in [-0.2, 0) is 20.8 Å². The fourth-order valence-electron chi connectivity index (χ4n) is 5.70. The number of likely N-dealkylation sites (tertiary alicyclic amines) is 2. The SMILES string of the molecule is CN1CCN(c2cccc(C3CCCN(C(=O)N4C(=O)[C@H](Cc5ccnc(N)c5)[C@H]4C(=O)O)C3)c2)C(=O)C1. The van der Waals surface area contributed by atoms with E-state index in [1.54, 1.807) is 21.9 Å². The third kappa shape index (κ3) is 4.93. The molecule has 38 heavy (non-hydrogen) atoms. The molecule has 1 aromatic heterocycles. The minimum Gasteiger partial charge on any atom is -0.480 e. The van der Waals surface area contributed by atoms with Crippen LogP contribution in [0.2, 0.25) is 0 Å². The lowest BCUT2D eigenvalue weighted by atomic mass is 9.82. The lowest BCUT2D eigenvalue weighted by Gasteiger charge is -2.46. The Bertz CT molecular complexity index is 1270. The maximum atomic E-state index is 13.4. The third-order valence-electron chi connectivity index (χ3n) is 7.73. The van der Waals surface area contributed by atoms with Gasteiger partial charge in [0, 0.05) is 44.0 Å². The molecule has 0 spiro atoms. The molecule has 3 fully saturated rings. The van der Waals surface area contributed by atoms with Crippen LogP contribution in [0, 0.1) is 5.92 Å². The number of amides is 4. The molecule has 3 aliphatic heterocycles. The summed E-state index contributed by atoms with van der Waals surface area (Å²) in [6, 6.07) is 9.35. The number of β-lactam (4-membered cyclic amide) rings is 1. The van der Waals surface area contributed by atoms with Gasteiger partial charge in [0.15, 0.2) is 6.04 Å². The Labute approximate surface area is 220 Å². The van der Waals surface area contributed by atoms with Crippen LogP contribution in [0.15, 0.2) is 42.6 Å². The molecule has 0 bridgehead atoms. The number of carboxylic acids is 1. The molecule has 5 rings (SSSR count). The number of piperidine rings is 1. The zero-order valence-corrected chi connectivity index (χ0v) is 21.3. The number of carboxylic acid groups (broad SMARTS) is 1. The van der Waals surface area contributed by atoms with E-state index < -0.39 is 29.9 Å². The first kappa shape index (κ1) is 25.7. The van der Waals surface area contributed by atoms with Crippen molar-refractivity contribution in [3.8, 4) is 0 Å². The molecule has 0 aliphatic carbocycles. The van der Waals surface area contributed by atoms with E-state index in [9.17, 15) is 24.3 Å². The van der Waals surface area contributed by atoms with Crippen molar-refractivity contribution in [3.05, 3.63) is 53.7 Å². The van der Waals surface area contributed by atoms with Gasteiger partial charge in [-0.15, -0.1) is 0 Å². The van der Waals surface area contributed by atoms with Crippen LogP contribution in [-0.4, -0.2) is 94.4 Å². The molecule has 1 unspecified atom stereocenters. The summed E-state index contributed by atoms with van der Waals surface area (Å²) in [4.78, 5) is 61.2. The van der Waals surface area contributed by atoms with Gasteiger partial charge in [-0.2, -0.15) is 0 Å². The van der Waals surface area contributed by atoms with Crippen molar-refractivity contribution in [2.75, 3.05) is 50.4 Å². The number of nitrogens with zero attached hydrogens (tertiary/aromatic N) is 5. The maximum absolute atomic E-state index is 13.4. The van der Waals surface area contributed by atoms with Crippen LogP contribution < -0.4 is 10.6 Å². The second-order valence-electron chi connectivity index (χ2n) is 10.3. The Hall–Kier alpha value is -3.99. The highest BCUT2D eigenvalue weighted by Crippen LogP contribution is 2.35. The molecule has 11 nitrogen and oxygen atoms in total. The summed E-state index contributed by atoms with van der Waals surface area (Å²) in [5.74, 6) is -2.17. The van der Waals surface area contributed by atoms with Crippen molar-refractivity contribution in [1.82, 2.24) is 19.7 Å². The quantitative estimate of drug-likeness (QED) is 0.564. The predicted octanol–water partition coefficient (Wildman–Crippen LogP) is 1.40. The summed E-state index contributed by atoms with van der Waals surface area (Å²) in [5, 5.41) is 9.86. The zero-order chi connectivity index (χ0) is 27.0. The molecule has 11 heteroatoms. The predicted molar refractivity (Wildman–Crippen MR) is 139 cm³/mol. The second kappa shape index (κ2) is 10.4. The second-order valence-corrected chi connectivity index (χ2v) is 10.3. The van der Waals surface area contributed by atoms with E-state index in [-0.39, 0.29) is 24.1 Å². The third-order valence-corrected chi connectivity index (χ3v) is 7.73. The van der Waals surface area contributed by atoms with E-state index in [0.717, 1.165) is 35.5 Å².